The minimum Gasteiger partial charge on any atom is -0.388 e. The number of hydrogen-bond acceptors (Lipinski definition) is 4. The largest absolute Gasteiger partial charge is 0.388 e. The van der Waals surface area contributed by atoms with Gasteiger partial charge in [-0.1, -0.05) is 0 Å². The summed E-state index contributed by atoms with van der Waals surface area (Å²) in [7, 11) is 0. The maximum absolute atomic E-state index is 9.06. The Morgan fingerprint density at radius 1 is 1.67 bits per heavy atom. The summed E-state index contributed by atoms with van der Waals surface area (Å²) >= 11 is 1.26. The summed E-state index contributed by atoms with van der Waals surface area (Å²) in [5.41, 5.74) is 0. The van der Waals surface area contributed by atoms with Crippen molar-refractivity contribution in [3.63, 3.8) is 0 Å². The molecule has 9 heavy (non-hydrogen) atoms. The highest BCUT2D eigenvalue weighted by Crippen LogP contribution is 2.13. The van der Waals surface area contributed by atoms with E-state index in [1.807, 2.05) is 6.26 Å². The fourth-order valence-electron chi connectivity index (χ4n) is 0.739. The number of rotatable bonds is 2. The first-order valence-corrected chi connectivity index (χ1v) is 3.95. The van der Waals surface area contributed by atoms with E-state index >= 15 is 0 Å². The van der Waals surface area contributed by atoms with Crippen molar-refractivity contribution in [3.05, 3.63) is 0 Å². The van der Waals surface area contributed by atoms with Gasteiger partial charge in [0.05, 0.1) is 13.2 Å². The molecule has 1 N–H and O–H groups in total. The molecule has 0 amide bonds. The van der Waals surface area contributed by atoms with Crippen LogP contribution in [0.1, 0.15) is 0 Å². The van der Waals surface area contributed by atoms with Gasteiger partial charge in [-0.3, -0.25) is 0 Å². The van der Waals surface area contributed by atoms with Crippen molar-refractivity contribution in [2.45, 2.75) is 12.2 Å². The van der Waals surface area contributed by atoms with Crippen LogP contribution >= 0.6 is 12.0 Å². The van der Waals surface area contributed by atoms with Crippen LogP contribution in [0.4, 0.5) is 0 Å². The maximum atomic E-state index is 9.06. The molecule has 0 saturated carbocycles. The second-order valence-electron chi connectivity index (χ2n) is 1.91. The van der Waals surface area contributed by atoms with E-state index in [0.29, 0.717) is 13.2 Å². The standard InChI is InChI=1S/C5H10O3S/c1-9-8-5-3-7-2-4(5)6/h4-6H,2-3H2,1H3/t4-,5-/m0/s1. The van der Waals surface area contributed by atoms with Crippen LogP contribution in [0.25, 0.3) is 0 Å². The number of hydrogen-bond donors (Lipinski definition) is 1. The number of aliphatic hydroxyl groups is 1. The lowest BCUT2D eigenvalue weighted by Crippen LogP contribution is -2.24. The molecule has 1 aliphatic rings. The first-order chi connectivity index (χ1) is 4.34. The van der Waals surface area contributed by atoms with E-state index in [1.54, 1.807) is 0 Å². The van der Waals surface area contributed by atoms with Gasteiger partial charge in [0.1, 0.15) is 12.2 Å². The van der Waals surface area contributed by atoms with E-state index in [9.17, 15) is 0 Å². The van der Waals surface area contributed by atoms with Crippen molar-refractivity contribution in [1.82, 2.24) is 0 Å². The molecule has 0 aromatic carbocycles. The van der Waals surface area contributed by atoms with Crippen LogP contribution in [0.3, 0.4) is 0 Å². The molecule has 54 valence electrons. The highest BCUT2D eigenvalue weighted by atomic mass is 32.2. The van der Waals surface area contributed by atoms with Crippen LogP contribution in [-0.4, -0.2) is 36.8 Å². The van der Waals surface area contributed by atoms with E-state index < -0.39 is 6.10 Å². The van der Waals surface area contributed by atoms with Crippen LogP contribution in [0.2, 0.25) is 0 Å². The topological polar surface area (TPSA) is 38.7 Å². The van der Waals surface area contributed by atoms with Gasteiger partial charge in [-0.2, -0.15) is 0 Å². The summed E-state index contributed by atoms with van der Waals surface area (Å²) in [5.74, 6) is 0. The van der Waals surface area contributed by atoms with Crippen LogP contribution in [0.15, 0.2) is 0 Å². The van der Waals surface area contributed by atoms with Crippen LogP contribution < -0.4 is 0 Å². The van der Waals surface area contributed by atoms with Crippen LogP contribution in [0.5, 0.6) is 0 Å². The smallest absolute Gasteiger partial charge is 0.124 e. The van der Waals surface area contributed by atoms with Crippen molar-refractivity contribution in [2.24, 2.45) is 0 Å². The van der Waals surface area contributed by atoms with Gasteiger partial charge in [-0.15, -0.1) is 0 Å². The molecule has 1 aliphatic heterocycles. The Hall–Kier alpha value is 0.230. The molecule has 2 atom stereocenters. The molecule has 1 fully saturated rings. The van der Waals surface area contributed by atoms with Gasteiger partial charge in [0.15, 0.2) is 0 Å². The average Bonchev–Trinajstić information content (AvgIpc) is 2.18. The summed E-state index contributed by atoms with van der Waals surface area (Å²) < 4.78 is 9.99. The van der Waals surface area contributed by atoms with Gasteiger partial charge in [0.25, 0.3) is 0 Å². The Morgan fingerprint density at radius 3 is 2.89 bits per heavy atom. The van der Waals surface area contributed by atoms with Crippen LogP contribution in [0, 0.1) is 0 Å². The predicted molar refractivity (Wildman–Crippen MR) is 35.2 cm³/mol. The first-order valence-electron chi connectivity index (χ1n) is 2.80. The molecule has 0 aromatic heterocycles. The molecule has 4 heteroatoms. The lowest BCUT2D eigenvalue weighted by molar-refractivity contribution is 0.0865. The molecule has 0 unspecified atom stereocenters. The minimum absolute atomic E-state index is 0.125. The molecule has 1 heterocycles. The summed E-state index contributed by atoms with van der Waals surface area (Å²) in [6.07, 6.45) is 1.27. The molecular formula is C5H10O3S. The zero-order valence-electron chi connectivity index (χ0n) is 5.24. The second-order valence-corrected chi connectivity index (χ2v) is 2.43. The van der Waals surface area contributed by atoms with E-state index in [-0.39, 0.29) is 6.10 Å². The summed E-state index contributed by atoms with van der Waals surface area (Å²) in [6, 6.07) is 0. The molecule has 1 rings (SSSR count). The monoisotopic (exact) mass is 150 g/mol. The molecule has 0 bridgehead atoms. The Bertz CT molecular complexity index is 88.3. The van der Waals surface area contributed by atoms with Crippen molar-refractivity contribution in [1.29, 1.82) is 0 Å². The second kappa shape index (κ2) is 3.41. The van der Waals surface area contributed by atoms with Crippen LogP contribution in [-0.2, 0) is 8.92 Å². The van der Waals surface area contributed by atoms with Crippen molar-refractivity contribution in [2.75, 3.05) is 19.5 Å². The quantitative estimate of drug-likeness (QED) is 0.564. The normalized spacial score (nSPS) is 35.3. The Kier molecular flexibility index (Phi) is 2.78. The van der Waals surface area contributed by atoms with Crippen molar-refractivity contribution >= 4 is 12.0 Å². The van der Waals surface area contributed by atoms with Gasteiger partial charge < -0.3 is 14.0 Å². The maximum Gasteiger partial charge on any atom is 0.124 e. The molecule has 1 saturated heterocycles. The summed E-state index contributed by atoms with van der Waals surface area (Å²) in [5, 5.41) is 9.06. The van der Waals surface area contributed by atoms with Gasteiger partial charge in [0.2, 0.25) is 0 Å². The highest BCUT2D eigenvalue weighted by Gasteiger charge is 2.26. The minimum atomic E-state index is -0.433. The molecule has 3 nitrogen and oxygen atoms in total. The van der Waals surface area contributed by atoms with Crippen molar-refractivity contribution < 1.29 is 14.0 Å². The van der Waals surface area contributed by atoms with E-state index in [4.69, 9.17) is 14.0 Å². The molecule has 0 radical (unpaired) electrons. The molecular weight excluding hydrogens is 140 g/mol. The number of aliphatic hydroxyl groups excluding tert-OH is 1. The highest BCUT2D eigenvalue weighted by molar-refractivity contribution is 7.93. The molecule has 0 aromatic rings. The molecule has 0 aliphatic carbocycles. The summed E-state index contributed by atoms with van der Waals surface area (Å²) in [6.45, 7) is 0.924. The summed E-state index contributed by atoms with van der Waals surface area (Å²) in [4.78, 5) is 0. The third kappa shape index (κ3) is 1.82. The van der Waals surface area contributed by atoms with Gasteiger partial charge >= 0.3 is 0 Å². The molecule has 0 spiro atoms. The fourth-order valence-corrected chi connectivity index (χ4v) is 1.17. The Morgan fingerprint density at radius 2 is 2.44 bits per heavy atom. The average molecular weight is 150 g/mol. The SMILES string of the molecule is CSO[C@H]1COC[C@@H]1O. The third-order valence-electron chi connectivity index (χ3n) is 1.22. The first kappa shape index (κ1) is 7.34. The predicted octanol–water partition coefficient (Wildman–Crippen LogP) is 0.0407. The lowest BCUT2D eigenvalue weighted by Gasteiger charge is -2.09. The van der Waals surface area contributed by atoms with Gasteiger partial charge in [-0.05, 0) is 12.0 Å². The van der Waals surface area contributed by atoms with Crippen molar-refractivity contribution in [3.8, 4) is 0 Å². The van der Waals surface area contributed by atoms with Gasteiger partial charge in [-0.25, -0.2) is 0 Å². The number of ether oxygens (including phenoxy) is 1. The zero-order chi connectivity index (χ0) is 6.69. The zero-order valence-corrected chi connectivity index (χ0v) is 6.06. The van der Waals surface area contributed by atoms with E-state index in [1.165, 1.54) is 12.0 Å². The van der Waals surface area contributed by atoms with E-state index in [0.717, 1.165) is 0 Å². The fraction of sp³-hybridized carbons (Fsp3) is 1.00. The Balaban J connectivity index is 2.22. The van der Waals surface area contributed by atoms with E-state index in [2.05, 4.69) is 0 Å². The van der Waals surface area contributed by atoms with Gasteiger partial charge in [0, 0.05) is 6.26 Å². The third-order valence-corrected chi connectivity index (χ3v) is 1.66. The lowest BCUT2D eigenvalue weighted by atomic mass is 10.3. The Labute approximate surface area is 58.5 Å².